The lowest BCUT2D eigenvalue weighted by Crippen LogP contribution is -2.54. The maximum absolute atomic E-state index is 13.0. The third-order valence-corrected chi connectivity index (χ3v) is 5.00. The normalized spacial score (nSPS) is 22.8. The Balaban J connectivity index is 2.35. The van der Waals surface area contributed by atoms with Crippen molar-refractivity contribution in [2.24, 2.45) is 10.9 Å². The monoisotopic (exact) mass is 443 g/mol. The minimum Gasteiger partial charge on any atom is -0.560 e. The van der Waals surface area contributed by atoms with Crippen LogP contribution in [0.15, 0.2) is 29.3 Å². The predicted molar refractivity (Wildman–Crippen MR) is 119 cm³/mol. The molecular formula is C22H30BN3O6. The fourth-order valence-electron chi connectivity index (χ4n) is 3.38. The molecule has 3 atom stereocenters. The van der Waals surface area contributed by atoms with Crippen molar-refractivity contribution in [1.82, 2.24) is 10.6 Å². The van der Waals surface area contributed by atoms with Crippen LogP contribution in [0.3, 0.4) is 0 Å². The standard InChI is InChI=1S/C22H30BN3O6/c1-14(2)11-19-21(28)25-17(22(29)30-3)5-4-10-31-16-8-6-15(7-9-16)12-18(20(27)26-19)24-13-32-23/h6-9,13-14,17-19H,4-5,10-12H2,1-3H3,(H,25,28)(H,26,27)/t17-,18-,19-/m0/s1. The second kappa shape index (κ2) is 12.7. The second-order valence-corrected chi connectivity index (χ2v) is 8.02. The molecule has 0 aromatic heterocycles. The lowest BCUT2D eigenvalue weighted by Gasteiger charge is -2.25. The minimum absolute atomic E-state index is 0.114. The topological polar surface area (TPSA) is 115 Å². The van der Waals surface area contributed by atoms with Crippen molar-refractivity contribution in [1.29, 1.82) is 0 Å². The number of rotatable bonds is 5. The van der Waals surface area contributed by atoms with Gasteiger partial charge in [0.15, 0.2) is 6.40 Å². The van der Waals surface area contributed by atoms with E-state index in [-0.39, 0.29) is 12.3 Å². The van der Waals surface area contributed by atoms with E-state index in [4.69, 9.17) is 17.5 Å². The molecule has 2 N–H and O–H groups in total. The van der Waals surface area contributed by atoms with E-state index >= 15 is 0 Å². The van der Waals surface area contributed by atoms with Crippen LogP contribution in [0.1, 0.15) is 38.7 Å². The number of hydrogen-bond acceptors (Lipinski definition) is 7. The molecular weight excluding hydrogens is 413 g/mol. The number of ether oxygens (including phenoxy) is 2. The van der Waals surface area contributed by atoms with Crippen molar-refractivity contribution < 1.29 is 28.5 Å². The number of hydrogen-bond donors (Lipinski definition) is 2. The highest BCUT2D eigenvalue weighted by molar-refractivity contribution is 6.02. The number of aliphatic imine (C=N–C) groups is 1. The number of esters is 1. The van der Waals surface area contributed by atoms with Crippen LogP contribution in [0.5, 0.6) is 5.75 Å². The molecule has 2 aliphatic rings. The third-order valence-electron chi connectivity index (χ3n) is 5.00. The zero-order valence-electron chi connectivity index (χ0n) is 18.7. The van der Waals surface area contributed by atoms with Crippen LogP contribution in [-0.4, -0.2) is 64.1 Å². The van der Waals surface area contributed by atoms with Gasteiger partial charge < -0.3 is 24.8 Å². The highest BCUT2D eigenvalue weighted by atomic mass is 16.5. The van der Waals surface area contributed by atoms with E-state index in [1.165, 1.54) is 7.11 Å². The van der Waals surface area contributed by atoms with Crippen molar-refractivity contribution in [2.75, 3.05) is 13.7 Å². The van der Waals surface area contributed by atoms with Crippen LogP contribution < -0.4 is 15.4 Å². The molecule has 2 heterocycles. The summed E-state index contributed by atoms with van der Waals surface area (Å²) in [5.41, 5.74) is 0.856. The van der Waals surface area contributed by atoms with Gasteiger partial charge in [-0.05, 0) is 42.9 Å². The highest BCUT2D eigenvalue weighted by Gasteiger charge is 2.30. The molecule has 10 heteroatoms. The lowest BCUT2D eigenvalue weighted by molar-refractivity contribution is -0.145. The van der Waals surface area contributed by atoms with Crippen LogP contribution in [0.25, 0.3) is 0 Å². The van der Waals surface area contributed by atoms with Gasteiger partial charge in [0.05, 0.1) is 13.7 Å². The summed E-state index contributed by atoms with van der Waals surface area (Å²) in [4.78, 5) is 42.3. The molecule has 2 amide bonds. The molecule has 3 rings (SSSR count). The first-order valence-electron chi connectivity index (χ1n) is 10.6. The number of fused-ring (bicyclic) bond motifs is 13. The average Bonchev–Trinajstić information content (AvgIpc) is 2.77. The van der Waals surface area contributed by atoms with Gasteiger partial charge in [0.25, 0.3) is 0 Å². The van der Waals surface area contributed by atoms with Gasteiger partial charge in [0.2, 0.25) is 11.8 Å². The Labute approximate surface area is 189 Å². The van der Waals surface area contributed by atoms with E-state index in [9.17, 15) is 14.4 Å². The van der Waals surface area contributed by atoms with E-state index in [1.807, 2.05) is 26.0 Å². The average molecular weight is 443 g/mol. The Kier molecular flexibility index (Phi) is 10.0. The summed E-state index contributed by atoms with van der Waals surface area (Å²) in [5.74, 6) is -0.700. The van der Waals surface area contributed by atoms with Gasteiger partial charge in [-0.25, -0.2) is 9.79 Å². The Morgan fingerprint density at radius 2 is 1.97 bits per heavy atom. The van der Waals surface area contributed by atoms with Gasteiger partial charge in [-0.15, -0.1) is 0 Å². The van der Waals surface area contributed by atoms with Crippen LogP contribution in [0.2, 0.25) is 0 Å². The van der Waals surface area contributed by atoms with E-state index < -0.39 is 35.9 Å². The van der Waals surface area contributed by atoms with Gasteiger partial charge >= 0.3 is 14.0 Å². The molecule has 172 valence electrons. The number of amides is 2. The SMILES string of the molecule is [B]OC=N[C@H]1Cc2ccc(cc2)OCCC[C@@H](C(=O)OC)NC(=O)[C@H](CC(C)C)NC1=O. The highest BCUT2D eigenvalue weighted by Crippen LogP contribution is 2.16. The summed E-state index contributed by atoms with van der Waals surface area (Å²) >= 11 is 0. The smallest absolute Gasteiger partial charge is 0.375 e. The van der Waals surface area contributed by atoms with Crippen LogP contribution in [-0.2, 0) is 30.2 Å². The first kappa shape index (κ1) is 25.2. The first-order chi connectivity index (χ1) is 15.3. The van der Waals surface area contributed by atoms with Gasteiger partial charge in [-0.2, -0.15) is 0 Å². The number of benzene rings is 1. The number of nitrogens with zero attached hydrogens (tertiary/aromatic N) is 1. The molecule has 2 radical (unpaired) electrons. The van der Waals surface area contributed by atoms with E-state index in [0.717, 1.165) is 12.0 Å². The molecule has 2 bridgehead atoms. The van der Waals surface area contributed by atoms with Crippen molar-refractivity contribution >= 4 is 32.2 Å². The van der Waals surface area contributed by atoms with Crippen LogP contribution in [0, 0.1) is 5.92 Å². The van der Waals surface area contributed by atoms with Crippen molar-refractivity contribution in [3.8, 4) is 5.75 Å². The zero-order chi connectivity index (χ0) is 23.5. The fourth-order valence-corrected chi connectivity index (χ4v) is 3.38. The van der Waals surface area contributed by atoms with Gasteiger partial charge in [0.1, 0.15) is 23.9 Å². The van der Waals surface area contributed by atoms with Gasteiger partial charge in [-0.1, -0.05) is 26.0 Å². The van der Waals surface area contributed by atoms with E-state index in [2.05, 4.69) is 20.3 Å². The summed E-state index contributed by atoms with van der Waals surface area (Å²) in [6, 6.07) is 4.74. The van der Waals surface area contributed by atoms with Crippen LogP contribution >= 0.6 is 0 Å². The van der Waals surface area contributed by atoms with Gasteiger partial charge in [0, 0.05) is 6.42 Å². The molecule has 0 saturated heterocycles. The molecule has 0 saturated carbocycles. The predicted octanol–water partition coefficient (Wildman–Crippen LogP) is 1.09. The molecule has 0 fully saturated rings. The number of methoxy groups -OCH3 is 1. The number of carbonyl (C=O) groups is 3. The summed E-state index contributed by atoms with van der Waals surface area (Å²) in [6.07, 6.45) is 2.50. The van der Waals surface area contributed by atoms with E-state index in [0.29, 0.717) is 31.6 Å². The maximum Gasteiger partial charge on any atom is 0.375 e. The number of carbonyl (C=O) groups excluding carboxylic acids is 3. The zero-order valence-corrected chi connectivity index (χ0v) is 18.7. The molecule has 2 aliphatic heterocycles. The second-order valence-electron chi connectivity index (χ2n) is 8.02. The molecule has 0 unspecified atom stereocenters. The molecule has 32 heavy (non-hydrogen) atoms. The summed E-state index contributed by atoms with van der Waals surface area (Å²) in [6.45, 7) is 4.25. The first-order valence-corrected chi connectivity index (χ1v) is 10.6. The molecule has 0 aliphatic carbocycles. The summed E-state index contributed by atoms with van der Waals surface area (Å²) in [5, 5.41) is 5.48. The summed E-state index contributed by atoms with van der Waals surface area (Å²) < 4.78 is 15.0. The largest absolute Gasteiger partial charge is 0.560 e. The Morgan fingerprint density at radius 3 is 2.59 bits per heavy atom. The Hall–Kier alpha value is -3.04. The summed E-state index contributed by atoms with van der Waals surface area (Å²) in [7, 11) is 6.30. The number of nitrogens with one attached hydrogen (secondary N) is 2. The molecule has 1 aromatic carbocycles. The molecule has 1 aromatic rings. The molecule has 9 nitrogen and oxygen atoms in total. The fraction of sp³-hybridized carbons (Fsp3) is 0.545. The molecule has 0 spiro atoms. The third kappa shape index (κ3) is 7.90. The Bertz CT molecular complexity index is 799. The Morgan fingerprint density at radius 1 is 1.25 bits per heavy atom. The maximum atomic E-state index is 13.0. The van der Waals surface area contributed by atoms with Crippen molar-refractivity contribution in [3.05, 3.63) is 29.8 Å². The lowest BCUT2D eigenvalue weighted by atomic mass is 10.0. The van der Waals surface area contributed by atoms with Gasteiger partial charge in [-0.3, -0.25) is 9.59 Å². The van der Waals surface area contributed by atoms with Crippen molar-refractivity contribution in [3.63, 3.8) is 0 Å². The quantitative estimate of drug-likeness (QED) is 0.305. The minimum atomic E-state index is -0.864. The van der Waals surface area contributed by atoms with Crippen molar-refractivity contribution in [2.45, 2.75) is 57.7 Å². The van der Waals surface area contributed by atoms with Crippen LogP contribution in [0.4, 0.5) is 0 Å². The van der Waals surface area contributed by atoms with E-state index in [1.54, 1.807) is 12.1 Å².